The van der Waals surface area contributed by atoms with E-state index in [2.05, 4.69) is 265 Å². The van der Waals surface area contributed by atoms with Crippen molar-refractivity contribution in [3.8, 4) is 44.5 Å². The van der Waals surface area contributed by atoms with Crippen molar-refractivity contribution in [1.29, 1.82) is 0 Å². The highest BCUT2D eigenvalue weighted by Gasteiger charge is 2.19. The van der Waals surface area contributed by atoms with E-state index in [-0.39, 0.29) is 0 Å². The van der Waals surface area contributed by atoms with Crippen LogP contribution in [-0.2, 0) is 0 Å². The Hall–Kier alpha value is -7.98. The summed E-state index contributed by atoms with van der Waals surface area (Å²) in [7, 11) is 0. The van der Waals surface area contributed by atoms with E-state index in [1.54, 1.807) is 0 Å². The van der Waals surface area contributed by atoms with Gasteiger partial charge in [-0.15, -0.1) is 11.3 Å². The van der Waals surface area contributed by atoms with Crippen molar-refractivity contribution in [1.82, 2.24) is 0 Å². The molecule has 0 saturated carbocycles. The van der Waals surface area contributed by atoms with E-state index in [0.29, 0.717) is 0 Å². The van der Waals surface area contributed by atoms with E-state index < -0.39 is 0 Å². The van der Waals surface area contributed by atoms with Crippen molar-refractivity contribution >= 4 is 65.6 Å². The molecule has 0 atom stereocenters. The molecule has 10 aromatic carbocycles. The van der Waals surface area contributed by atoms with Crippen LogP contribution >= 0.6 is 11.3 Å². The Kier molecular flexibility index (Phi) is 10.1. The Balaban J connectivity index is 0.973. The second kappa shape index (κ2) is 16.8. The summed E-state index contributed by atoms with van der Waals surface area (Å²) >= 11 is 1.86. The number of hydrogen-bond donors (Lipinski definition) is 0. The first-order valence-corrected chi connectivity index (χ1v) is 22.2. The van der Waals surface area contributed by atoms with E-state index in [1.807, 2.05) is 11.3 Å². The Bertz CT molecular complexity index is 3200. The van der Waals surface area contributed by atoms with Gasteiger partial charge in [0.2, 0.25) is 0 Å². The van der Waals surface area contributed by atoms with Gasteiger partial charge in [-0.2, -0.15) is 0 Å². The van der Waals surface area contributed by atoms with Crippen LogP contribution in [0.3, 0.4) is 0 Å². The van der Waals surface area contributed by atoms with Crippen LogP contribution in [0.1, 0.15) is 0 Å². The highest BCUT2D eigenvalue weighted by molar-refractivity contribution is 7.26. The van der Waals surface area contributed by atoms with E-state index in [0.717, 1.165) is 39.6 Å². The maximum absolute atomic E-state index is 2.41. The molecular formula is C60H42N2S. The number of hydrogen-bond acceptors (Lipinski definition) is 3. The second-order valence-corrected chi connectivity index (χ2v) is 16.8. The molecule has 0 fully saturated rings. The highest BCUT2D eigenvalue weighted by atomic mass is 32.1. The molecule has 3 heteroatoms. The summed E-state index contributed by atoms with van der Waals surface area (Å²) < 4.78 is 2.57. The molecule has 0 unspecified atom stereocenters. The lowest BCUT2D eigenvalue weighted by Gasteiger charge is -2.27. The third-order valence-electron chi connectivity index (χ3n) is 11.9. The highest BCUT2D eigenvalue weighted by Crippen LogP contribution is 2.46. The largest absolute Gasteiger partial charge is 0.310 e. The molecule has 11 aromatic rings. The molecule has 1 heterocycles. The zero-order chi connectivity index (χ0) is 42.0. The predicted molar refractivity (Wildman–Crippen MR) is 270 cm³/mol. The fourth-order valence-corrected chi connectivity index (χ4v) is 9.92. The minimum absolute atomic E-state index is 1.09. The van der Waals surface area contributed by atoms with Gasteiger partial charge in [-0.05, 0) is 117 Å². The Morgan fingerprint density at radius 2 is 0.603 bits per heavy atom. The van der Waals surface area contributed by atoms with E-state index in [1.165, 1.54) is 59.2 Å². The molecule has 298 valence electrons. The van der Waals surface area contributed by atoms with Crippen molar-refractivity contribution in [2.45, 2.75) is 0 Å². The zero-order valence-corrected chi connectivity index (χ0v) is 35.4. The van der Waals surface area contributed by atoms with Gasteiger partial charge in [-0.3, -0.25) is 0 Å². The molecule has 0 bridgehead atoms. The van der Waals surface area contributed by atoms with Gasteiger partial charge in [0.15, 0.2) is 0 Å². The molecule has 0 aliphatic rings. The third-order valence-corrected chi connectivity index (χ3v) is 13.1. The Morgan fingerprint density at radius 1 is 0.238 bits per heavy atom. The van der Waals surface area contributed by atoms with Crippen LogP contribution in [0.5, 0.6) is 0 Å². The van der Waals surface area contributed by atoms with Crippen LogP contribution in [0.2, 0.25) is 0 Å². The minimum atomic E-state index is 1.09. The molecule has 63 heavy (non-hydrogen) atoms. The number of nitrogens with zero attached hydrogens (tertiary/aromatic N) is 2. The van der Waals surface area contributed by atoms with Crippen molar-refractivity contribution in [3.63, 3.8) is 0 Å². The standard InChI is InChI=1S/C60H42N2S/c1-4-14-43(15-5-1)46-26-34-51(35-27-46)61(52-36-28-47(29-37-52)44-16-6-2-7-17-44)55-21-12-20-50(42-55)49-32-40-54(41-33-49)62(53-38-30-48(31-39-53)45-18-8-3-9-19-45)58-24-13-23-57-56-22-10-11-25-59(56)63-60(57)58/h1-42H. The molecule has 0 aliphatic carbocycles. The summed E-state index contributed by atoms with van der Waals surface area (Å²) in [5, 5.41) is 2.57. The quantitative estimate of drug-likeness (QED) is 0.136. The maximum atomic E-state index is 2.41. The Morgan fingerprint density at radius 3 is 1.10 bits per heavy atom. The van der Waals surface area contributed by atoms with Crippen LogP contribution in [-0.4, -0.2) is 0 Å². The van der Waals surface area contributed by atoms with Crippen molar-refractivity contribution in [2.24, 2.45) is 0 Å². The number of benzene rings is 10. The summed E-state index contributed by atoms with van der Waals surface area (Å²) in [5.41, 5.74) is 16.2. The lowest BCUT2D eigenvalue weighted by Crippen LogP contribution is -2.10. The average molecular weight is 823 g/mol. The molecule has 0 amide bonds. The van der Waals surface area contributed by atoms with Gasteiger partial charge in [-0.25, -0.2) is 0 Å². The average Bonchev–Trinajstić information content (AvgIpc) is 3.76. The number of anilines is 6. The van der Waals surface area contributed by atoms with Crippen molar-refractivity contribution in [2.75, 3.05) is 9.80 Å². The SMILES string of the molecule is c1ccc(-c2ccc(N(c3ccc(-c4ccccc4)cc3)c3cccc(-c4ccc(N(c5ccc(-c6ccccc6)cc5)c5cccc6c5sc5ccccc56)cc4)c3)cc2)cc1. The minimum Gasteiger partial charge on any atom is -0.310 e. The van der Waals surface area contributed by atoms with Crippen LogP contribution in [0.4, 0.5) is 34.1 Å². The molecule has 11 rings (SSSR count). The molecule has 0 radical (unpaired) electrons. The van der Waals surface area contributed by atoms with Gasteiger partial charge in [-0.1, -0.05) is 182 Å². The van der Waals surface area contributed by atoms with Crippen LogP contribution in [0.15, 0.2) is 255 Å². The first-order valence-electron chi connectivity index (χ1n) is 21.4. The van der Waals surface area contributed by atoms with Gasteiger partial charge in [0, 0.05) is 43.9 Å². The van der Waals surface area contributed by atoms with E-state index in [4.69, 9.17) is 0 Å². The molecule has 0 N–H and O–H groups in total. The zero-order valence-electron chi connectivity index (χ0n) is 34.6. The molecular weight excluding hydrogens is 781 g/mol. The predicted octanol–water partition coefficient (Wildman–Crippen LogP) is 17.7. The van der Waals surface area contributed by atoms with Gasteiger partial charge in [0.05, 0.1) is 10.4 Å². The summed E-state index contributed by atoms with van der Waals surface area (Å²) in [6.45, 7) is 0. The molecule has 2 nitrogen and oxygen atoms in total. The van der Waals surface area contributed by atoms with Crippen LogP contribution < -0.4 is 9.80 Å². The van der Waals surface area contributed by atoms with E-state index in [9.17, 15) is 0 Å². The second-order valence-electron chi connectivity index (χ2n) is 15.8. The summed E-state index contributed by atoms with van der Waals surface area (Å²) in [6.07, 6.45) is 0. The molecule has 0 saturated heterocycles. The molecule has 1 aromatic heterocycles. The fraction of sp³-hybridized carbons (Fsp3) is 0. The monoisotopic (exact) mass is 822 g/mol. The number of rotatable bonds is 10. The van der Waals surface area contributed by atoms with Crippen molar-refractivity contribution < 1.29 is 0 Å². The number of thiophene rings is 1. The van der Waals surface area contributed by atoms with Gasteiger partial charge < -0.3 is 9.80 Å². The smallest absolute Gasteiger partial charge is 0.0640 e. The maximum Gasteiger partial charge on any atom is 0.0640 e. The Labute approximate surface area is 372 Å². The van der Waals surface area contributed by atoms with E-state index >= 15 is 0 Å². The van der Waals surface area contributed by atoms with Gasteiger partial charge in [0.25, 0.3) is 0 Å². The van der Waals surface area contributed by atoms with Crippen molar-refractivity contribution in [3.05, 3.63) is 255 Å². The first kappa shape index (κ1) is 38.0. The fourth-order valence-electron chi connectivity index (χ4n) is 8.71. The van der Waals surface area contributed by atoms with Gasteiger partial charge >= 0.3 is 0 Å². The summed E-state index contributed by atoms with van der Waals surface area (Å²) in [5.74, 6) is 0. The summed E-state index contributed by atoms with van der Waals surface area (Å²) in [4.78, 5) is 4.76. The topological polar surface area (TPSA) is 6.48 Å². The number of fused-ring (bicyclic) bond motifs is 3. The van der Waals surface area contributed by atoms with Gasteiger partial charge in [0.1, 0.15) is 0 Å². The summed E-state index contributed by atoms with van der Waals surface area (Å²) in [6, 6.07) is 91.9. The van der Waals surface area contributed by atoms with Crippen LogP contribution in [0.25, 0.3) is 64.7 Å². The molecule has 0 aliphatic heterocycles. The lowest BCUT2D eigenvalue weighted by molar-refractivity contribution is 1.28. The van der Waals surface area contributed by atoms with Crippen LogP contribution in [0, 0.1) is 0 Å². The third kappa shape index (κ3) is 7.56. The normalized spacial score (nSPS) is 11.2. The lowest BCUT2D eigenvalue weighted by atomic mass is 10.0. The first-order chi connectivity index (χ1) is 31.2. The molecule has 0 spiro atoms.